The first-order chi connectivity index (χ1) is 17.9. The van der Waals surface area contributed by atoms with Gasteiger partial charge in [-0.05, 0) is 68.6 Å². The van der Waals surface area contributed by atoms with Crippen molar-refractivity contribution in [2.75, 3.05) is 46.4 Å². The molecule has 8 heteroatoms. The molecule has 0 saturated carbocycles. The number of carbonyl (C=O) groups is 1. The van der Waals surface area contributed by atoms with E-state index in [0.717, 1.165) is 69.0 Å². The summed E-state index contributed by atoms with van der Waals surface area (Å²) >= 11 is 0. The van der Waals surface area contributed by atoms with Crippen LogP contribution in [-0.4, -0.2) is 71.5 Å². The minimum absolute atomic E-state index is 0.0380. The molecule has 1 aromatic heterocycles. The number of aromatic amines is 1. The van der Waals surface area contributed by atoms with Crippen molar-refractivity contribution < 1.29 is 9.53 Å². The number of aryl methyl sites for hydroxylation is 2. The summed E-state index contributed by atoms with van der Waals surface area (Å²) in [6, 6.07) is 10.9. The average molecular weight is 507 g/mol. The van der Waals surface area contributed by atoms with E-state index in [1.54, 1.807) is 25.3 Å². The van der Waals surface area contributed by atoms with Crippen LogP contribution in [0.4, 0.5) is 0 Å². The summed E-state index contributed by atoms with van der Waals surface area (Å²) in [4.78, 5) is 46.3. The number of aromatic nitrogens is 2. The third-order valence-corrected chi connectivity index (χ3v) is 7.44. The van der Waals surface area contributed by atoms with Gasteiger partial charge in [0.25, 0.3) is 5.56 Å². The predicted molar refractivity (Wildman–Crippen MR) is 147 cm³/mol. The SMILES string of the molecule is CCN1CCN(CCCCC(=O)c2ccc3c(=O)n(CCc4ccc(C)c(OC)c4)c(=O)[nH]c3c2)CC1. The highest BCUT2D eigenvalue weighted by atomic mass is 16.5. The van der Waals surface area contributed by atoms with Crippen molar-refractivity contribution in [1.82, 2.24) is 19.4 Å². The van der Waals surface area contributed by atoms with Crippen LogP contribution in [0.5, 0.6) is 5.75 Å². The Bertz CT molecular complexity index is 1350. The first kappa shape index (κ1) is 26.8. The van der Waals surface area contributed by atoms with Crippen LogP contribution in [0.15, 0.2) is 46.0 Å². The van der Waals surface area contributed by atoms with Crippen molar-refractivity contribution in [3.05, 3.63) is 73.9 Å². The fourth-order valence-electron chi connectivity index (χ4n) is 4.99. The lowest BCUT2D eigenvalue weighted by atomic mass is 10.0. The lowest BCUT2D eigenvalue weighted by Gasteiger charge is -2.33. The zero-order valence-electron chi connectivity index (χ0n) is 22.2. The minimum Gasteiger partial charge on any atom is -0.496 e. The molecular weight excluding hydrogens is 468 g/mol. The van der Waals surface area contributed by atoms with Crippen molar-refractivity contribution in [2.45, 2.75) is 46.1 Å². The number of hydrogen-bond donors (Lipinski definition) is 1. The maximum Gasteiger partial charge on any atom is 0.328 e. The van der Waals surface area contributed by atoms with Crippen LogP contribution in [0.25, 0.3) is 10.9 Å². The van der Waals surface area contributed by atoms with E-state index in [9.17, 15) is 14.4 Å². The van der Waals surface area contributed by atoms with Gasteiger partial charge in [0.1, 0.15) is 5.75 Å². The molecule has 3 aromatic rings. The Morgan fingerprint density at radius 3 is 2.46 bits per heavy atom. The standard InChI is InChI=1S/C29H38N4O4/c1-4-31-15-17-32(18-16-31)13-6-5-7-26(34)23-10-11-24-25(20-23)30-29(36)33(28(24)35)14-12-22-9-8-21(2)27(19-22)37-3/h8-11,19-20H,4-7,12-18H2,1-3H3,(H,30,36). The second-order valence-electron chi connectivity index (χ2n) is 9.86. The van der Waals surface area contributed by atoms with E-state index in [2.05, 4.69) is 21.7 Å². The van der Waals surface area contributed by atoms with Gasteiger partial charge < -0.3 is 19.5 Å². The normalized spacial score (nSPS) is 14.8. The molecule has 0 radical (unpaired) electrons. The van der Waals surface area contributed by atoms with Crippen LogP contribution in [0.1, 0.15) is 47.7 Å². The van der Waals surface area contributed by atoms with Crippen LogP contribution in [0, 0.1) is 6.92 Å². The Morgan fingerprint density at radius 2 is 1.73 bits per heavy atom. The van der Waals surface area contributed by atoms with Crippen LogP contribution in [-0.2, 0) is 13.0 Å². The van der Waals surface area contributed by atoms with Crippen molar-refractivity contribution in [3.8, 4) is 5.75 Å². The van der Waals surface area contributed by atoms with Gasteiger partial charge in [-0.3, -0.25) is 14.2 Å². The average Bonchev–Trinajstić information content (AvgIpc) is 2.91. The summed E-state index contributed by atoms with van der Waals surface area (Å²) in [5.41, 5.74) is 2.14. The van der Waals surface area contributed by atoms with Gasteiger partial charge in [0.05, 0.1) is 18.0 Å². The van der Waals surface area contributed by atoms with Crippen molar-refractivity contribution in [2.24, 2.45) is 0 Å². The van der Waals surface area contributed by atoms with E-state index in [0.29, 0.717) is 29.3 Å². The number of Topliss-reactive ketones (excluding diaryl/α,β-unsaturated/α-hetero) is 1. The van der Waals surface area contributed by atoms with Gasteiger partial charge in [0.15, 0.2) is 5.78 Å². The molecular formula is C29H38N4O4. The number of methoxy groups -OCH3 is 1. The monoisotopic (exact) mass is 506 g/mol. The van der Waals surface area contributed by atoms with E-state index >= 15 is 0 Å². The van der Waals surface area contributed by atoms with Crippen molar-refractivity contribution in [3.63, 3.8) is 0 Å². The van der Waals surface area contributed by atoms with E-state index < -0.39 is 5.69 Å². The highest BCUT2D eigenvalue weighted by Gasteiger charge is 2.16. The zero-order chi connectivity index (χ0) is 26.4. The lowest BCUT2D eigenvalue weighted by Crippen LogP contribution is -2.46. The van der Waals surface area contributed by atoms with E-state index in [-0.39, 0.29) is 17.9 Å². The summed E-state index contributed by atoms with van der Waals surface area (Å²) in [5.74, 6) is 0.820. The Kier molecular flexibility index (Phi) is 8.95. The van der Waals surface area contributed by atoms with Gasteiger partial charge in [0.2, 0.25) is 0 Å². The number of nitrogens with one attached hydrogen (secondary N) is 1. The molecule has 0 unspecified atom stereocenters. The topological polar surface area (TPSA) is 87.6 Å². The highest BCUT2D eigenvalue weighted by molar-refractivity contribution is 5.99. The Morgan fingerprint density at radius 1 is 0.973 bits per heavy atom. The number of nitrogens with zero attached hydrogens (tertiary/aromatic N) is 3. The second-order valence-corrected chi connectivity index (χ2v) is 9.86. The summed E-state index contributed by atoms with van der Waals surface area (Å²) < 4.78 is 6.59. The third-order valence-electron chi connectivity index (χ3n) is 7.44. The van der Waals surface area contributed by atoms with Crippen molar-refractivity contribution >= 4 is 16.7 Å². The number of ketones is 1. The fourth-order valence-corrected chi connectivity index (χ4v) is 4.99. The Hall–Kier alpha value is -3.23. The summed E-state index contributed by atoms with van der Waals surface area (Å²) in [6.07, 6.45) is 2.80. The molecule has 0 aliphatic carbocycles. The maximum absolute atomic E-state index is 13.1. The van der Waals surface area contributed by atoms with Gasteiger partial charge in [-0.2, -0.15) is 0 Å². The molecule has 8 nitrogen and oxygen atoms in total. The largest absolute Gasteiger partial charge is 0.496 e. The van der Waals surface area contributed by atoms with E-state index in [1.807, 2.05) is 25.1 Å². The number of hydrogen-bond acceptors (Lipinski definition) is 6. The zero-order valence-corrected chi connectivity index (χ0v) is 22.2. The minimum atomic E-state index is -0.468. The van der Waals surface area contributed by atoms with E-state index in [1.165, 1.54) is 4.57 Å². The van der Waals surface area contributed by atoms with Gasteiger partial charge in [-0.25, -0.2) is 4.79 Å². The molecule has 0 amide bonds. The number of ether oxygens (including phenoxy) is 1. The molecule has 0 bridgehead atoms. The van der Waals surface area contributed by atoms with Gasteiger partial charge in [-0.1, -0.05) is 25.1 Å². The van der Waals surface area contributed by atoms with Crippen LogP contribution in [0.2, 0.25) is 0 Å². The Labute approximate surface area is 217 Å². The number of piperazine rings is 1. The highest BCUT2D eigenvalue weighted by Crippen LogP contribution is 2.19. The van der Waals surface area contributed by atoms with Crippen LogP contribution < -0.4 is 16.0 Å². The van der Waals surface area contributed by atoms with Gasteiger partial charge in [-0.15, -0.1) is 0 Å². The Balaban J connectivity index is 1.36. The quantitative estimate of drug-likeness (QED) is 0.317. The second kappa shape index (κ2) is 12.3. The number of carbonyl (C=O) groups excluding carboxylic acids is 1. The fraction of sp³-hybridized carbons (Fsp3) is 0.483. The molecule has 198 valence electrons. The number of likely N-dealkylation sites (N-methyl/N-ethyl adjacent to an activating group) is 1. The smallest absolute Gasteiger partial charge is 0.328 e. The number of fused-ring (bicyclic) bond motifs is 1. The molecule has 1 aliphatic rings. The lowest BCUT2D eigenvalue weighted by molar-refractivity contribution is 0.0974. The molecule has 4 rings (SSSR count). The first-order valence-electron chi connectivity index (χ1n) is 13.3. The van der Waals surface area contributed by atoms with Gasteiger partial charge in [0, 0.05) is 44.7 Å². The third kappa shape index (κ3) is 6.56. The van der Waals surface area contributed by atoms with E-state index in [4.69, 9.17) is 4.74 Å². The maximum atomic E-state index is 13.1. The van der Waals surface area contributed by atoms with Crippen LogP contribution in [0.3, 0.4) is 0 Å². The van der Waals surface area contributed by atoms with Gasteiger partial charge >= 0.3 is 5.69 Å². The summed E-state index contributed by atoms with van der Waals surface area (Å²) in [7, 11) is 1.62. The molecule has 2 heterocycles. The number of rotatable bonds is 11. The molecule has 0 spiro atoms. The predicted octanol–water partition coefficient (Wildman–Crippen LogP) is 3.24. The van der Waals surface area contributed by atoms with Crippen LogP contribution >= 0.6 is 0 Å². The van der Waals surface area contributed by atoms with Crippen molar-refractivity contribution in [1.29, 1.82) is 0 Å². The molecule has 37 heavy (non-hydrogen) atoms. The number of benzene rings is 2. The molecule has 1 fully saturated rings. The molecule has 1 N–H and O–H groups in total. The molecule has 1 saturated heterocycles. The first-order valence-corrected chi connectivity index (χ1v) is 13.3. The molecule has 1 aliphatic heterocycles. The molecule has 2 aromatic carbocycles. The summed E-state index contributed by atoms with van der Waals surface area (Å²) in [6.45, 7) is 11.0. The summed E-state index contributed by atoms with van der Waals surface area (Å²) in [5, 5.41) is 0.406. The number of unbranched alkanes of at least 4 members (excludes halogenated alkanes) is 1. The molecule has 0 atom stereocenters. The number of H-pyrrole nitrogens is 1.